The zero-order chi connectivity index (χ0) is 23.2. The van der Waals surface area contributed by atoms with E-state index in [1.165, 1.54) is 6.07 Å². The van der Waals surface area contributed by atoms with Gasteiger partial charge in [-0.15, -0.1) is 0 Å². The van der Waals surface area contributed by atoms with Crippen LogP contribution in [0.15, 0.2) is 24.3 Å². The molecule has 9 nitrogen and oxygen atoms in total. The molecule has 1 aromatic carbocycles. The van der Waals surface area contributed by atoms with Crippen LogP contribution in [0.2, 0.25) is 0 Å². The van der Waals surface area contributed by atoms with E-state index in [9.17, 15) is 29.6 Å². The van der Waals surface area contributed by atoms with Gasteiger partial charge in [-0.25, -0.2) is 9.18 Å². The minimum atomic E-state index is -1.81. The molecule has 0 radical (unpaired) electrons. The van der Waals surface area contributed by atoms with E-state index in [-0.39, 0.29) is 17.7 Å². The summed E-state index contributed by atoms with van der Waals surface area (Å²) in [7, 11) is 2.08. The molecular formula is C23H26FNO8. The van der Waals surface area contributed by atoms with E-state index in [1.54, 1.807) is 6.08 Å². The van der Waals surface area contributed by atoms with Gasteiger partial charge in [0.05, 0.1) is 0 Å². The number of piperidine rings is 1. The Hall–Kier alpha value is -2.08. The highest BCUT2D eigenvalue weighted by Crippen LogP contribution is 2.61. The van der Waals surface area contributed by atoms with Crippen LogP contribution >= 0.6 is 0 Å². The number of likely N-dealkylation sites (tertiary alicyclic amines) is 1. The number of halogens is 1. The lowest BCUT2D eigenvalue weighted by molar-refractivity contribution is -0.307. The van der Waals surface area contributed by atoms with Crippen LogP contribution in [0.4, 0.5) is 4.39 Å². The molecule has 10 unspecified atom stereocenters. The lowest BCUT2D eigenvalue weighted by atomic mass is 9.53. The monoisotopic (exact) mass is 463 g/mol. The lowest BCUT2D eigenvalue weighted by Gasteiger charge is -2.57. The summed E-state index contributed by atoms with van der Waals surface area (Å²) in [4.78, 5) is 13.8. The molecule has 10 atom stereocenters. The Morgan fingerprint density at radius 2 is 2.00 bits per heavy atom. The van der Waals surface area contributed by atoms with Gasteiger partial charge in [0.2, 0.25) is 0 Å². The fraction of sp³-hybridized carbons (Fsp3) is 0.609. The topological polar surface area (TPSA) is 129 Å². The number of rotatable bonds is 3. The van der Waals surface area contributed by atoms with Crippen LogP contribution in [0.5, 0.6) is 5.75 Å². The highest BCUT2D eigenvalue weighted by atomic mass is 19.1. The van der Waals surface area contributed by atoms with Crippen LogP contribution in [0.3, 0.4) is 0 Å². The fourth-order valence-corrected chi connectivity index (χ4v) is 6.64. The Bertz CT molecular complexity index is 1030. The average molecular weight is 463 g/mol. The Labute approximate surface area is 189 Å². The Morgan fingerprint density at radius 1 is 1.21 bits per heavy atom. The van der Waals surface area contributed by atoms with Crippen molar-refractivity contribution in [1.29, 1.82) is 0 Å². The first-order valence-corrected chi connectivity index (χ1v) is 11.2. The van der Waals surface area contributed by atoms with Crippen molar-refractivity contribution < 1.29 is 43.8 Å². The number of carbonyl (C=O) groups is 1. The van der Waals surface area contributed by atoms with Gasteiger partial charge in [-0.3, -0.25) is 0 Å². The van der Waals surface area contributed by atoms with Crippen molar-refractivity contribution in [2.45, 2.75) is 67.2 Å². The number of aliphatic carboxylic acids is 1. The number of hydrogen-bond donors (Lipinski definition) is 4. The van der Waals surface area contributed by atoms with E-state index in [4.69, 9.17) is 14.2 Å². The van der Waals surface area contributed by atoms with Crippen LogP contribution in [0.25, 0.3) is 0 Å². The van der Waals surface area contributed by atoms with Gasteiger partial charge < -0.3 is 39.5 Å². The van der Waals surface area contributed by atoms with Crippen molar-refractivity contribution in [2.24, 2.45) is 5.92 Å². The molecule has 4 N–H and O–H groups in total. The number of carboxylic acids is 1. The van der Waals surface area contributed by atoms with Gasteiger partial charge in [-0.2, -0.15) is 0 Å². The number of ether oxygens (including phenoxy) is 3. The molecule has 0 amide bonds. The zero-order valence-electron chi connectivity index (χ0n) is 17.9. The van der Waals surface area contributed by atoms with Crippen molar-refractivity contribution in [1.82, 2.24) is 4.90 Å². The molecule has 1 spiro atoms. The van der Waals surface area contributed by atoms with E-state index in [2.05, 4.69) is 11.9 Å². The van der Waals surface area contributed by atoms with Gasteiger partial charge in [0.25, 0.3) is 0 Å². The molecular weight excluding hydrogens is 437 g/mol. The van der Waals surface area contributed by atoms with Gasteiger partial charge in [0.1, 0.15) is 30.5 Å². The minimum absolute atomic E-state index is 0.0769. The maximum Gasteiger partial charge on any atom is 0.335 e. The summed E-state index contributed by atoms with van der Waals surface area (Å²) in [6.45, 7) is 0.797. The van der Waals surface area contributed by atoms with Gasteiger partial charge in [0, 0.05) is 22.9 Å². The Kier molecular flexibility index (Phi) is 4.69. The second kappa shape index (κ2) is 7.21. The van der Waals surface area contributed by atoms with Crippen molar-refractivity contribution in [3.8, 4) is 5.75 Å². The van der Waals surface area contributed by atoms with Crippen LogP contribution in [-0.4, -0.2) is 93.8 Å². The Morgan fingerprint density at radius 3 is 2.76 bits per heavy atom. The highest BCUT2D eigenvalue weighted by molar-refractivity contribution is 5.73. The molecule has 33 heavy (non-hydrogen) atoms. The quantitative estimate of drug-likeness (QED) is 0.441. The molecule has 1 aromatic rings. The van der Waals surface area contributed by atoms with Crippen molar-refractivity contribution >= 4 is 5.97 Å². The second-order valence-electron chi connectivity index (χ2n) is 9.74. The molecule has 2 bridgehead atoms. The predicted molar refractivity (Wildman–Crippen MR) is 109 cm³/mol. The third-order valence-corrected chi connectivity index (χ3v) is 8.21. The fourth-order valence-electron chi connectivity index (χ4n) is 6.64. The van der Waals surface area contributed by atoms with E-state index in [0.29, 0.717) is 0 Å². The van der Waals surface area contributed by atoms with E-state index in [1.807, 2.05) is 12.1 Å². The molecule has 6 rings (SSSR count). The molecule has 5 aliphatic rings. The standard InChI is InChI=1S/C23H26FNO8/c1-25-7-6-23-10-3-5-13(31-22-17(28)15(26)16(27)19(33-22)21(29)30)20(23)32-18-11(24)4-2-9(14(18)23)8-12(10)25/h2-5,10,12-13,15-17,19-20,22,26-28H,6-8H2,1H3,(H,29,30). The first-order chi connectivity index (χ1) is 15.7. The summed E-state index contributed by atoms with van der Waals surface area (Å²) in [5.41, 5.74) is 1.41. The minimum Gasteiger partial charge on any atom is -0.483 e. The Balaban J connectivity index is 1.38. The van der Waals surface area contributed by atoms with Gasteiger partial charge in [-0.1, -0.05) is 18.2 Å². The molecule has 0 aromatic heterocycles. The largest absolute Gasteiger partial charge is 0.483 e. The first-order valence-electron chi connectivity index (χ1n) is 11.2. The molecule has 10 heteroatoms. The first kappa shape index (κ1) is 21.5. The summed E-state index contributed by atoms with van der Waals surface area (Å²) in [6, 6.07) is 3.46. The van der Waals surface area contributed by atoms with Crippen LogP contribution in [-0.2, 0) is 26.1 Å². The maximum absolute atomic E-state index is 14.9. The second-order valence-corrected chi connectivity index (χ2v) is 9.74. The predicted octanol–water partition coefficient (Wildman–Crippen LogP) is -0.452. The number of nitrogens with zero attached hydrogens (tertiary/aromatic N) is 1. The highest BCUT2D eigenvalue weighted by Gasteiger charge is 2.65. The van der Waals surface area contributed by atoms with Gasteiger partial charge in [0.15, 0.2) is 24.0 Å². The van der Waals surface area contributed by atoms with E-state index >= 15 is 0 Å². The normalized spacial score (nSPS) is 45.4. The van der Waals surface area contributed by atoms with Crippen molar-refractivity contribution in [2.75, 3.05) is 13.6 Å². The number of aliphatic hydroxyl groups excluding tert-OH is 3. The molecule has 0 saturated carbocycles. The maximum atomic E-state index is 14.9. The van der Waals surface area contributed by atoms with Crippen molar-refractivity contribution in [3.05, 3.63) is 41.2 Å². The molecule has 178 valence electrons. The molecule has 3 heterocycles. The van der Waals surface area contributed by atoms with Crippen LogP contribution in [0, 0.1) is 11.7 Å². The molecule has 3 aliphatic heterocycles. The van der Waals surface area contributed by atoms with Crippen molar-refractivity contribution in [3.63, 3.8) is 0 Å². The van der Waals surface area contributed by atoms with Gasteiger partial charge in [-0.05, 0) is 38.1 Å². The SMILES string of the molecule is CN1CCC23c4c5ccc(F)c4OC2C(OC2OC(C(=O)O)C(O)C(O)C2O)C=CC3C1C5. The smallest absolute Gasteiger partial charge is 0.335 e. The number of benzene rings is 1. The molecule has 2 aliphatic carbocycles. The number of likely N-dealkylation sites (N-methyl/N-ethyl adjacent to an activating group) is 1. The summed E-state index contributed by atoms with van der Waals surface area (Å²) in [6.07, 6.45) is -4.60. The third kappa shape index (κ3) is 2.76. The zero-order valence-corrected chi connectivity index (χ0v) is 17.9. The summed E-state index contributed by atoms with van der Waals surface area (Å²) in [5.74, 6) is -1.62. The molecule has 2 fully saturated rings. The van der Waals surface area contributed by atoms with E-state index in [0.717, 1.165) is 30.5 Å². The van der Waals surface area contributed by atoms with E-state index < -0.39 is 60.1 Å². The summed E-state index contributed by atoms with van der Waals surface area (Å²) in [5, 5.41) is 39.9. The molecule has 2 saturated heterocycles. The average Bonchev–Trinajstić information content (AvgIpc) is 3.14. The number of carboxylic acid groups (broad SMARTS) is 1. The third-order valence-electron chi connectivity index (χ3n) is 8.21. The van der Waals surface area contributed by atoms with Crippen LogP contribution in [0.1, 0.15) is 17.5 Å². The summed E-state index contributed by atoms with van der Waals surface area (Å²) < 4.78 is 32.4. The number of hydrogen-bond acceptors (Lipinski definition) is 8. The summed E-state index contributed by atoms with van der Waals surface area (Å²) >= 11 is 0. The number of aliphatic hydroxyl groups is 3. The lowest BCUT2D eigenvalue weighted by Crippen LogP contribution is -2.66. The van der Waals surface area contributed by atoms with Gasteiger partial charge >= 0.3 is 5.97 Å². The van der Waals surface area contributed by atoms with Crippen LogP contribution < -0.4 is 4.74 Å².